The van der Waals surface area contributed by atoms with Crippen LogP contribution in [-0.2, 0) is 20.7 Å². The Balaban J connectivity index is 2.68. The number of Topliss-reactive ketones (excluding diaryl/α,β-unsaturated/α-hetero) is 1. The molecule has 0 atom stereocenters. The molecular formula is C13H16O3. The van der Waals surface area contributed by atoms with Crippen LogP contribution >= 0.6 is 0 Å². The van der Waals surface area contributed by atoms with Crippen LogP contribution in [0.2, 0.25) is 0 Å². The molecular weight excluding hydrogens is 204 g/mol. The zero-order valence-corrected chi connectivity index (χ0v) is 9.82. The molecule has 0 spiro atoms. The van der Waals surface area contributed by atoms with Crippen LogP contribution in [0.4, 0.5) is 0 Å². The summed E-state index contributed by atoms with van der Waals surface area (Å²) in [6.07, 6.45) is 0.279. The van der Waals surface area contributed by atoms with Crippen molar-refractivity contribution < 1.29 is 14.3 Å². The van der Waals surface area contributed by atoms with Crippen LogP contribution in [0.1, 0.15) is 26.3 Å². The fourth-order valence-electron chi connectivity index (χ4n) is 1.41. The predicted octanol–water partition coefficient (Wildman–Crippen LogP) is 2.14. The van der Waals surface area contributed by atoms with Crippen molar-refractivity contribution in [3.63, 3.8) is 0 Å². The topological polar surface area (TPSA) is 43.4 Å². The number of hydrogen-bond acceptors (Lipinski definition) is 3. The van der Waals surface area contributed by atoms with Crippen LogP contribution in [0.5, 0.6) is 0 Å². The maximum absolute atomic E-state index is 11.9. The second kappa shape index (κ2) is 4.92. The molecule has 0 aliphatic heterocycles. The second-order valence-corrected chi connectivity index (χ2v) is 4.19. The summed E-state index contributed by atoms with van der Waals surface area (Å²) in [4.78, 5) is 22.7. The Labute approximate surface area is 95.4 Å². The van der Waals surface area contributed by atoms with Crippen molar-refractivity contribution in [1.29, 1.82) is 0 Å². The molecule has 0 aliphatic carbocycles. The lowest BCUT2D eigenvalue weighted by Gasteiger charge is -2.22. The Kier molecular flexibility index (Phi) is 3.82. The zero-order valence-electron chi connectivity index (χ0n) is 9.82. The Hall–Kier alpha value is -1.64. The van der Waals surface area contributed by atoms with Crippen LogP contribution in [-0.4, -0.2) is 17.4 Å². The highest BCUT2D eigenvalue weighted by Gasteiger charge is 2.30. The van der Waals surface area contributed by atoms with Gasteiger partial charge < -0.3 is 4.74 Å². The summed E-state index contributed by atoms with van der Waals surface area (Å²) >= 11 is 0. The van der Waals surface area contributed by atoms with Gasteiger partial charge in [0.05, 0.1) is 0 Å². The summed E-state index contributed by atoms with van der Waals surface area (Å²) in [6.45, 7) is 4.52. The first kappa shape index (κ1) is 12.4. The number of rotatable bonds is 4. The van der Waals surface area contributed by atoms with Gasteiger partial charge in [0.15, 0.2) is 11.4 Å². The van der Waals surface area contributed by atoms with E-state index in [1.807, 2.05) is 30.3 Å². The number of benzene rings is 1. The fraction of sp³-hybridized carbons (Fsp3) is 0.385. The molecule has 0 aromatic heterocycles. The van der Waals surface area contributed by atoms with E-state index in [0.29, 0.717) is 0 Å². The van der Waals surface area contributed by atoms with Gasteiger partial charge >= 0.3 is 5.97 Å². The first-order chi connectivity index (χ1) is 7.42. The number of hydrogen-bond donors (Lipinski definition) is 0. The summed E-state index contributed by atoms with van der Waals surface area (Å²) in [7, 11) is 0. The van der Waals surface area contributed by atoms with Crippen LogP contribution in [0.3, 0.4) is 0 Å². The van der Waals surface area contributed by atoms with E-state index in [9.17, 15) is 9.59 Å². The zero-order chi connectivity index (χ0) is 12.2. The Morgan fingerprint density at radius 3 is 2.25 bits per heavy atom. The van der Waals surface area contributed by atoms with E-state index in [-0.39, 0.29) is 12.2 Å². The molecule has 0 N–H and O–H groups in total. The van der Waals surface area contributed by atoms with Crippen molar-refractivity contribution in [3.8, 4) is 0 Å². The average molecular weight is 220 g/mol. The van der Waals surface area contributed by atoms with Gasteiger partial charge in [-0.25, -0.2) is 0 Å². The van der Waals surface area contributed by atoms with Crippen molar-refractivity contribution in [2.75, 3.05) is 0 Å². The molecule has 16 heavy (non-hydrogen) atoms. The van der Waals surface area contributed by atoms with Crippen molar-refractivity contribution in [2.45, 2.75) is 32.8 Å². The normalized spacial score (nSPS) is 10.9. The molecule has 0 amide bonds. The SMILES string of the molecule is CC(=O)OC(C)(C)C(=O)Cc1ccccc1. The maximum Gasteiger partial charge on any atom is 0.303 e. The smallest absolute Gasteiger partial charge is 0.303 e. The van der Waals surface area contributed by atoms with E-state index in [1.165, 1.54) is 6.92 Å². The molecule has 0 heterocycles. The summed E-state index contributed by atoms with van der Waals surface area (Å²) in [6, 6.07) is 9.40. The Morgan fingerprint density at radius 2 is 1.75 bits per heavy atom. The summed E-state index contributed by atoms with van der Waals surface area (Å²) in [5, 5.41) is 0. The fourth-order valence-corrected chi connectivity index (χ4v) is 1.41. The van der Waals surface area contributed by atoms with Gasteiger partial charge in [0.25, 0.3) is 0 Å². The van der Waals surface area contributed by atoms with E-state index in [0.717, 1.165) is 5.56 Å². The third-order valence-electron chi connectivity index (χ3n) is 2.28. The molecule has 86 valence electrons. The number of esters is 1. The van der Waals surface area contributed by atoms with Gasteiger partial charge in [-0.1, -0.05) is 30.3 Å². The summed E-state index contributed by atoms with van der Waals surface area (Å²) < 4.78 is 4.98. The van der Waals surface area contributed by atoms with Crippen LogP contribution in [0.25, 0.3) is 0 Å². The highest BCUT2D eigenvalue weighted by Crippen LogP contribution is 2.14. The number of carbonyl (C=O) groups is 2. The van der Waals surface area contributed by atoms with E-state index >= 15 is 0 Å². The van der Waals surface area contributed by atoms with Gasteiger partial charge in [0, 0.05) is 13.3 Å². The van der Waals surface area contributed by atoms with E-state index in [2.05, 4.69) is 0 Å². The third kappa shape index (κ3) is 3.50. The molecule has 0 saturated carbocycles. The van der Waals surface area contributed by atoms with E-state index < -0.39 is 11.6 Å². The molecule has 0 bridgehead atoms. The molecule has 1 rings (SSSR count). The van der Waals surface area contributed by atoms with Crippen LogP contribution in [0, 0.1) is 0 Å². The predicted molar refractivity (Wildman–Crippen MR) is 61.0 cm³/mol. The lowest BCUT2D eigenvalue weighted by molar-refractivity contribution is -0.161. The minimum absolute atomic E-state index is 0.103. The van der Waals surface area contributed by atoms with Crippen molar-refractivity contribution in [1.82, 2.24) is 0 Å². The molecule has 0 radical (unpaired) electrons. The monoisotopic (exact) mass is 220 g/mol. The first-order valence-corrected chi connectivity index (χ1v) is 5.18. The number of ether oxygens (including phenoxy) is 1. The third-order valence-corrected chi connectivity index (χ3v) is 2.28. The van der Waals surface area contributed by atoms with Gasteiger partial charge in [0.2, 0.25) is 0 Å². The van der Waals surface area contributed by atoms with Gasteiger partial charge in [0.1, 0.15) is 0 Å². The molecule has 3 heteroatoms. The summed E-state index contributed by atoms with van der Waals surface area (Å²) in [5.74, 6) is -0.541. The number of carbonyl (C=O) groups excluding carboxylic acids is 2. The van der Waals surface area contributed by atoms with Crippen molar-refractivity contribution >= 4 is 11.8 Å². The molecule has 0 unspecified atom stereocenters. The minimum atomic E-state index is -1.05. The molecule has 1 aromatic rings. The largest absolute Gasteiger partial charge is 0.452 e. The first-order valence-electron chi connectivity index (χ1n) is 5.18. The van der Waals surface area contributed by atoms with Gasteiger partial charge in [-0.2, -0.15) is 0 Å². The van der Waals surface area contributed by atoms with Gasteiger partial charge in [-0.05, 0) is 19.4 Å². The highest BCUT2D eigenvalue weighted by atomic mass is 16.6. The number of ketones is 1. The molecule has 1 aromatic carbocycles. The maximum atomic E-state index is 11.9. The van der Waals surface area contributed by atoms with Crippen molar-refractivity contribution in [3.05, 3.63) is 35.9 Å². The Bertz CT molecular complexity index is 379. The quantitative estimate of drug-likeness (QED) is 0.730. The van der Waals surface area contributed by atoms with Gasteiger partial charge in [-0.15, -0.1) is 0 Å². The Morgan fingerprint density at radius 1 is 1.19 bits per heavy atom. The highest BCUT2D eigenvalue weighted by molar-refractivity contribution is 5.90. The molecule has 0 saturated heterocycles. The van der Waals surface area contributed by atoms with Crippen molar-refractivity contribution in [2.24, 2.45) is 0 Å². The van der Waals surface area contributed by atoms with Gasteiger partial charge in [-0.3, -0.25) is 9.59 Å². The van der Waals surface area contributed by atoms with E-state index in [4.69, 9.17) is 4.74 Å². The average Bonchev–Trinajstić information content (AvgIpc) is 2.17. The van der Waals surface area contributed by atoms with Crippen LogP contribution < -0.4 is 0 Å². The lowest BCUT2D eigenvalue weighted by atomic mass is 9.97. The molecule has 0 aliphatic rings. The lowest BCUT2D eigenvalue weighted by Crippen LogP contribution is -2.37. The molecule has 3 nitrogen and oxygen atoms in total. The molecule has 0 fully saturated rings. The minimum Gasteiger partial charge on any atom is -0.452 e. The summed E-state index contributed by atoms with van der Waals surface area (Å²) in [5.41, 5.74) is -0.130. The van der Waals surface area contributed by atoms with E-state index in [1.54, 1.807) is 13.8 Å². The standard InChI is InChI=1S/C13H16O3/c1-10(14)16-13(2,3)12(15)9-11-7-5-4-6-8-11/h4-8H,9H2,1-3H3. The second-order valence-electron chi connectivity index (χ2n) is 4.19. The van der Waals surface area contributed by atoms with Crippen LogP contribution in [0.15, 0.2) is 30.3 Å².